The summed E-state index contributed by atoms with van der Waals surface area (Å²) in [5.74, 6) is 0.358. The third-order valence-corrected chi connectivity index (χ3v) is 3.64. The molecule has 1 atom stereocenters. The Morgan fingerprint density at radius 1 is 1.47 bits per heavy atom. The summed E-state index contributed by atoms with van der Waals surface area (Å²) in [6, 6.07) is 7.77. The molecule has 0 spiro atoms. The number of carbonyl (C=O) groups is 1. The fourth-order valence-corrected chi connectivity index (χ4v) is 2.80. The minimum absolute atomic E-state index is 0.0989. The number of fused-ring (bicyclic) bond motifs is 1. The van der Waals surface area contributed by atoms with Crippen molar-refractivity contribution in [3.63, 3.8) is 0 Å². The molecule has 102 valence electrons. The molecule has 1 aromatic heterocycles. The van der Waals surface area contributed by atoms with E-state index in [1.165, 1.54) is 0 Å². The predicted molar refractivity (Wildman–Crippen MR) is 80.6 cm³/mol. The van der Waals surface area contributed by atoms with Crippen LogP contribution in [0.5, 0.6) is 0 Å². The number of aromatic nitrogens is 2. The predicted octanol–water partition coefficient (Wildman–Crippen LogP) is 2.72. The normalized spacial score (nSPS) is 12.6. The van der Waals surface area contributed by atoms with Gasteiger partial charge in [-0.15, -0.1) is 0 Å². The summed E-state index contributed by atoms with van der Waals surface area (Å²) in [7, 11) is 1.85. The molecule has 1 unspecified atom stereocenters. The summed E-state index contributed by atoms with van der Waals surface area (Å²) >= 11 is 3.41. The number of alkyl halides is 1. The molecule has 1 heterocycles. The Hall–Kier alpha value is -1.36. The van der Waals surface area contributed by atoms with Crippen LogP contribution in [-0.4, -0.2) is 27.6 Å². The number of carbonyl (C=O) groups excluding carboxylic acids is 1. The van der Waals surface area contributed by atoms with Gasteiger partial charge in [-0.1, -0.05) is 41.1 Å². The Labute approximate surface area is 121 Å². The second-order valence-corrected chi connectivity index (χ2v) is 5.58. The van der Waals surface area contributed by atoms with Gasteiger partial charge in [-0.2, -0.15) is 5.10 Å². The highest BCUT2D eigenvalue weighted by molar-refractivity contribution is 9.09. The first kappa shape index (κ1) is 14.1. The van der Waals surface area contributed by atoms with Crippen molar-refractivity contribution in [1.29, 1.82) is 0 Å². The highest BCUT2D eigenvalue weighted by Gasteiger charge is 2.15. The lowest BCUT2D eigenvalue weighted by Gasteiger charge is -2.10. The lowest BCUT2D eigenvalue weighted by atomic mass is 10.1. The van der Waals surface area contributed by atoms with Gasteiger partial charge in [0.15, 0.2) is 5.69 Å². The number of halogens is 1. The summed E-state index contributed by atoms with van der Waals surface area (Å²) in [6.07, 6.45) is 1.04. The van der Waals surface area contributed by atoms with E-state index in [0.29, 0.717) is 18.2 Å². The Kier molecular flexibility index (Phi) is 4.58. The molecule has 1 amide bonds. The van der Waals surface area contributed by atoms with E-state index in [4.69, 9.17) is 0 Å². The number of nitrogens with zero attached hydrogens (tertiary/aromatic N) is 2. The highest BCUT2D eigenvalue weighted by atomic mass is 79.9. The molecule has 0 aliphatic heterocycles. The third-order valence-electron chi connectivity index (χ3n) is 3.19. The van der Waals surface area contributed by atoms with E-state index in [1.54, 1.807) is 4.68 Å². The number of amides is 1. The maximum atomic E-state index is 12.2. The smallest absolute Gasteiger partial charge is 0.272 e. The molecule has 0 aliphatic carbocycles. The zero-order valence-corrected chi connectivity index (χ0v) is 12.8. The zero-order valence-electron chi connectivity index (χ0n) is 11.2. The van der Waals surface area contributed by atoms with Gasteiger partial charge in [0.25, 0.3) is 5.91 Å². The van der Waals surface area contributed by atoms with Gasteiger partial charge < -0.3 is 5.32 Å². The van der Waals surface area contributed by atoms with E-state index in [2.05, 4.69) is 33.3 Å². The molecular formula is C14H18BrN3O. The lowest BCUT2D eigenvalue weighted by Crippen LogP contribution is -2.29. The van der Waals surface area contributed by atoms with E-state index in [9.17, 15) is 4.79 Å². The van der Waals surface area contributed by atoms with E-state index in [1.807, 2.05) is 31.3 Å². The summed E-state index contributed by atoms with van der Waals surface area (Å²) in [4.78, 5) is 12.2. The third kappa shape index (κ3) is 3.15. The van der Waals surface area contributed by atoms with Crippen LogP contribution < -0.4 is 5.32 Å². The van der Waals surface area contributed by atoms with Crippen LogP contribution in [0.2, 0.25) is 0 Å². The average Bonchev–Trinajstić information content (AvgIpc) is 2.75. The lowest BCUT2D eigenvalue weighted by molar-refractivity contribution is 0.0944. The monoisotopic (exact) mass is 323 g/mol. The first-order chi connectivity index (χ1) is 9.13. The van der Waals surface area contributed by atoms with Crippen LogP contribution in [0.4, 0.5) is 0 Å². The van der Waals surface area contributed by atoms with Crippen LogP contribution >= 0.6 is 15.9 Å². The number of aryl methyl sites for hydroxylation is 1. The van der Waals surface area contributed by atoms with Crippen LogP contribution in [0.15, 0.2) is 24.3 Å². The molecule has 0 radical (unpaired) electrons. The summed E-state index contributed by atoms with van der Waals surface area (Å²) in [6.45, 7) is 2.80. The van der Waals surface area contributed by atoms with Gasteiger partial charge >= 0.3 is 0 Å². The second-order valence-electron chi connectivity index (χ2n) is 4.78. The summed E-state index contributed by atoms with van der Waals surface area (Å²) in [5, 5.41) is 9.12. The van der Waals surface area contributed by atoms with Crippen LogP contribution in [0.1, 0.15) is 23.8 Å². The molecule has 0 saturated carbocycles. The first-order valence-corrected chi connectivity index (χ1v) is 7.51. The molecule has 2 rings (SSSR count). The van der Waals surface area contributed by atoms with E-state index < -0.39 is 0 Å². The first-order valence-electron chi connectivity index (χ1n) is 6.39. The van der Waals surface area contributed by atoms with Gasteiger partial charge in [-0.3, -0.25) is 9.48 Å². The molecule has 0 saturated heterocycles. The maximum absolute atomic E-state index is 12.2. The highest BCUT2D eigenvalue weighted by Crippen LogP contribution is 2.17. The molecule has 0 bridgehead atoms. The number of nitrogens with one attached hydrogen (secondary N) is 1. The standard InChI is InChI=1S/C14H18BrN3O/c1-10(7-8-15)9-16-14(19)13-11-5-3-4-6-12(11)18(2)17-13/h3-6,10H,7-9H2,1-2H3,(H,16,19). The Morgan fingerprint density at radius 3 is 2.95 bits per heavy atom. The van der Waals surface area contributed by atoms with Gasteiger partial charge in [0.05, 0.1) is 5.52 Å². The van der Waals surface area contributed by atoms with Crippen molar-refractivity contribution in [1.82, 2.24) is 15.1 Å². The molecule has 19 heavy (non-hydrogen) atoms. The number of benzene rings is 1. The van der Waals surface area contributed by atoms with Gasteiger partial charge in [0.2, 0.25) is 0 Å². The van der Waals surface area contributed by atoms with Crippen molar-refractivity contribution in [3.05, 3.63) is 30.0 Å². The topological polar surface area (TPSA) is 46.9 Å². The zero-order chi connectivity index (χ0) is 13.8. The SMILES string of the molecule is CC(CCBr)CNC(=O)c1nn(C)c2ccccc12. The van der Waals surface area contributed by atoms with Crippen molar-refractivity contribution < 1.29 is 4.79 Å². The van der Waals surface area contributed by atoms with Crippen LogP contribution in [0.25, 0.3) is 10.9 Å². The van der Waals surface area contributed by atoms with E-state index in [-0.39, 0.29) is 5.91 Å². The van der Waals surface area contributed by atoms with Gasteiger partial charge in [0.1, 0.15) is 0 Å². The number of rotatable bonds is 5. The number of hydrogen-bond acceptors (Lipinski definition) is 2. The Morgan fingerprint density at radius 2 is 2.21 bits per heavy atom. The van der Waals surface area contributed by atoms with Crippen molar-refractivity contribution in [2.45, 2.75) is 13.3 Å². The number of hydrogen-bond donors (Lipinski definition) is 1. The molecule has 5 heteroatoms. The molecule has 4 nitrogen and oxygen atoms in total. The number of para-hydroxylation sites is 1. The molecule has 2 aromatic rings. The fourth-order valence-electron chi connectivity index (χ4n) is 2.02. The van der Waals surface area contributed by atoms with Gasteiger partial charge in [0, 0.05) is 24.3 Å². The van der Waals surface area contributed by atoms with Crippen LogP contribution in [-0.2, 0) is 7.05 Å². The van der Waals surface area contributed by atoms with Gasteiger partial charge in [-0.25, -0.2) is 0 Å². The summed E-state index contributed by atoms with van der Waals surface area (Å²) in [5.41, 5.74) is 1.48. The quantitative estimate of drug-likeness (QED) is 0.860. The summed E-state index contributed by atoms with van der Waals surface area (Å²) < 4.78 is 1.74. The molecular weight excluding hydrogens is 306 g/mol. The minimum atomic E-state index is -0.0989. The maximum Gasteiger partial charge on any atom is 0.272 e. The van der Waals surface area contributed by atoms with Crippen molar-refractivity contribution in [2.75, 3.05) is 11.9 Å². The second kappa shape index (κ2) is 6.19. The molecule has 0 fully saturated rings. The average molecular weight is 324 g/mol. The Bertz CT molecular complexity index is 579. The van der Waals surface area contributed by atoms with E-state index in [0.717, 1.165) is 22.7 Å². The largest absolute Gasteiger partial charge is 0.350 e. The Balaban J connectivity index is 2.13. The molecule has 1 aromatic carbocycles. The fraction of sp³-hybridized carbons (Fsp3) is 0.429. The van der Waals surface area contributed by atoms with Crippen molar-refractivity contribution >= 4 is 32.7 Å². The van der Waals surface area contributed by atoms with Gasteiger partial charge in [-0.05, 0) is 18.4 Å². The molecule has 1 N–H and O–H groups in total. The minimum Gasteiger partial charge on any atom is -0.350 e. The van der Waals surface area contributed by atoms with Crippen molar-refractivity contribution in [2.24, 2.45) is 13.0 Å². The van der Waals surface area contributed by atoms with Crippen LogP contribution in [0.3, 0.4) is 0 Å². The van der Waals surface area contributed by atoms with Crippen molar-refractivity contribution in [3.8, 4) is 0 Å². The van der Waals surface area contributed by atoms with Crippen LogP contribution in [0, 0.1) is 5.92 Å². The van der Waals surface area contributed by atoms with E-state index >= 15 is 0 Å². The molecule has 0 aliphatic rings.